The molecule has 0 aliphatic carbocycles. The van der Waals surface area contributed by atoms with Crippen LogP contribution in [0.5, 0.6) is 5.75 Å². The van der Waals surface area contributed by atoms with Gasteiger partial charge in [0.1, 0.15) is 5.75 Å². The molecule has 1 unspecified atom stereocenters. The first kappa shape index (κ1) is 21.6. The number of ether oxygens (including phenoxy) is 1. The number of hydrogen-bond donors (Lipinski definition) is 0. The largest absolute Gasteiger partial charge is 0.497 e. The van der Waals surface area contributed by atoms with Gasteiger partial charge in [0.05, 0.1) is 18.7 Å². The van der Waals surface area contributed by atoms with Gasteiger partial charge < -0.3 is 9.64 Å². The van der Waals surface area contributed by atoms with E-state index in [2.05, 4.69) is 64.3 Å². The van der Waals surface area contributed by atoms with Gasteiger partial charge in [-0.25, -0.2) is 4.68 Å². The second kappa shape index (κ2) is 8.85. The molecule has 1 aromatic heterocycles. The van der Waals surface area contributed by atoms with E-state index in [9.17, 15) is 0 Å². The monoisotopic (exact) mass is 440 g/mol. The second-order valence-electron chi connectivity index (χ2n) is 8.76. The molecule has 1 saturated heterocycles. The van der Waals surface area contributed by atoms with Crippen molar-refractivity contribution < 1.29 is 4.74 Å². The Morgan fingerprint density at radius 2 is 1.65 bits per heavy atom. The summed E-state index contributed by atoms with van der Waals surface area (Å²) in [7, 11) is 1.69. The first-order valence-corrected chi connectivity index (χ1v) is 10.9. The summed E-state index contributed by atoms with van der Waals surface area (Å²) in [6.07, 6.45) is 0. The van der Waals surface area contributed by atoms with Gasteiger partial charge in [0, 0.05) is 36.9 Å². The predicted octanol–water partition coefficient (Wildman–Crippen LogP) is 4.00. The fourth-order valence-electron chi connectivity index (χ4n) is 4.07. The average Bonchev–Trinajstić information content (AvgIpc) is 3.26. The molecule has 1 atom stereocenters. The van der Waals surface area contributed by atoms with E-state index < -0.39 is 0 Å². The summed E-state index contributed by atoms with van der Waals surface area (Å²) in [4.78, 5) is 4.82. The van der Waals surface area contributed by atoms with Crippen LogP contribution < -0.4 is 9.64 Å². The van der Waals surface area contributed by atoms with E-state index in [1.807, 2.05) is 35.0 Å². The normalized spacial score (nSPS) is 16.4. The predicted molar refractivity (Wildman–Crippen MR) is 123 cm³/mol. The highest BCUT2D eigenvalue weighted by Crippen LogP contribution is 2.34. The van der Waals surface area contributed by atoms with Crippen LogP contribution in [0, 0.1) is 0 Å². The molecule has 0 spiro atoms. The summed E-state index contributed by atoms with van der Waals surface area (Å²) in [5.74, 6) is 1.69. The zero-order valence-electron chi connectivity index (χ0n) is 18.5. The molecule has 31 heavy (non-hydrogen) atoms. The molecule has 2 heterocycles. The topological polar surface area (TPSA) is 59.3 Å². The SMILES string of the molecule is COc1ccc(N2CCN(C(c3ccccc3Cl)c3nnnn3C(C)(C)C)CC2)cc1. The summed E-state index contributed by atoms with van der Waals surface area (Å²) in [6, 6.07) is 16.1. The first-order chi connectivity index (χ1) is 14.9. The van der Waals surface area contributed by atoms with Gasteiger partial charge in [0.2, 0.25) is 0 Å². The highest BCUT2D eigenvalue weighted by molar-refractivity contribution is 6.31. The number of piperazine rings is 1. The molecule has 0 saturated carbocycles. The number of benzene rings is 2. The molecule has 1 aliphatic rings. The maximum Gasteiger partial charge on any atom is 0.173 e. The van der Waals surface area contributed by atoms with Crippen molar-refractivity contribution in [2.45, 2.75) is 32.4 Å². The van der Waals surface area contributed by atoms with Gasteiger partial charge >= 0.3 is 0 Å². The van der Waals surface area contributed by atoms with Crippen LogP contribution in [0.1, 0.15) is 38.2 Å². The van der Waals surface area contributed by atoms with Gasteiger partial charge in [0.15, 0.2) is 5.82 Å². The lowest BCUT2D eigenvalue weighted by Crippen LogP contribution is -2.48. The lowest BCUT2D eigenvalue weighted by Gasteiger charge is -2.40. The highest BCUT2D eigenvalue weighted by atomic mass is 35.5. The van der Waals surface area contributed by atoms with E-state index in [0.717, 1.165) is 48.3 Å². The molecule has 2 aromatic carbocycles. The second-order valence-corrected chi connectivity index (χ2v) is 9.17. The standard InChI is InChI=1S/C23H29ClN6O/c1-23(2,3)30-22(25-26-27-30)21(19-7-5-6-8-20(19)24)29-15-13-28(14-16-29)17-9-11-18(31-4)12-10-17/h5-12,21H,13-16H2,1-4H3. The van der Waals surface area contributed by atoms with E-state index in [1.165, 1.54) is 5.69 Å². The van der Waals surface area contributed by atoms with Crippen LogP contribution in [0.15, 0.2) is 48.5 Å². The van der Waals surface area contributed by atoms with Gasteiger partial charge in [-0.05, 0) is 67.1 Å². The van der Waals surface area contributed by atoms with Crippen LogP contribution in [0.25, 0.3) is 0 Å². The van der Waals surface area contributed by atoms with Crippen LogP contribution in [0.3, 0.4) is 0 Å². The summed E-state index contributed by atoms with van der Waals surface area (Å²) < 4.78 is 7.20. The molecule has 7 nitrogen and oxygen atoms in total. The number of hydrogen-bond acceptors (Lipinski definition) is 6. The molecular formula is C23H29ClN6O. The fourth-order valence-corrected chi connectivity index (χ4v) is 4.31. The highest BCUT2D eigenvalue weighted by Gasteiger charge is 2.34. The lowest BCUT2D eigenvalue weighted by molar-refractivity contribution is 0.191. The molecular weight excluding hydrogens is 412 g/mol. The Morgan fingerprint density at radius 1 is 0.968 bits per heavy atom. The van der Waals surface area contributed by atoms with Crippen molar-refractivity contribution in [3.63, 3.8) is 0 Å². The molecule has 4 rings (SSSR count). The lowest BCUT2D eigenvalue weighted by atomic mass is 10.0. The van der Waals surface area contributed by atoms with Crippen molar-refractivity contribution in [1.82, 2.24) is 25.1 Å². The molecule has 0 bridgehead atoms. The quantitative estimate of drug-likeness (QED) is 0.597. The molecule has 3 aromatic rings. The van der Waals surface area contributed by atoms with Crippen LogP contribution in [0.2, 0.25) is 5.02 Å². The number of nitrogens with zero attached hydrogens (tertiary/aromatic N) is 6. The number of anilines is 1. The number of methoxy groups -OCH3 is 1. The van der Waals surface area contributed by atoms with Crippen molar-refractivity contribution in [3.05, 3.63) is 64.9 Å². The Kier molecular flexibility index (Phi) is 6.16. The number of tetrazole rings is 1. The molecule has 0 radical (unpaired) electrons. The van der Waals surface area contributed by atoms with E-state index in [4.69, 9.17) is 16.3 Å². The third-order valence-electron chi connectivity index (χ3n) is 5.69. The van der Waals surface area contributed by atoms with Gasteiger partial charge in [-0.3, -0.25) is 4.90 Å². The Morgan fingerprint density at radius 3 is 2.26 bits per heavy atom. The van der Waals surface area contributed by atoms with Crippen molar-refractivity contribution in [2.75, 3.05) is 38.2 Å². The molecule has 0 amide bonds. The maximum absolute atomic E-state index is 6.65. The minimum atomic E-state index is -0.233. The minimum Gasteiger partial charge on any atom is -0.497 e. The Labute approximate surface area is 188 Å². The van der Waals surface area contributed by atoms with E-state index in [-0.39, 0.29) is 11.6 Å². The Hall–Kier alpha value is -2.64. The summed E-state index contributed by atoms with van der Waals surface area (Å²) >= 11 is 6.65. The Balaban J connectivity index is 1.62. The van der Waals surface area contributed by atoms with Crippen molar-refractivity contribution in [3.8, 4) is 5.75 Å². The van der Waals surface area contributed by atoms with Crippen molar-refractivity contribution >= 4 is 17.3 Å². The zero-order valence-corrected chi connectivity index (χ0v) is 19.3. The molecule has 164 valence electrons. The average molecular weight is 441 g/mol. The summed E-state index contributed by atoms with van der Waals surface area (Å²) in [6.45, 7) is 9.89. The van der Waals surface area contributed by atoms with Crippen LogP contribution >= 0.6 is 11.6 Å². The minimum absolute atomic E-state index is 0.110. The van der Waals surface area contributed by atoms with Crippen molar-refractivity contribution in [1.29, 1.82) is 0 Å². The molecule has 1 aliphatic heterocycles. The third kappa shape index (κ3) is 4.52. The number of aromatic nitrogens is 4. The number of halogens is 1. The van der Waals surface area contributed by atoms with E-state index in [0.29, 0.717) is 0 Å². The first-order valence-electron chi connectivity index (χ1n) is 10.5. The third-order valence-corrected chi connectivity index (χ3v) is 6.03. The van der Waals surface area contributed by atoms with Gasteiger partial charge in [-0.1, -0.05) is 29.8 Å². The summed E-state index contributed by atoms with van der Waals surface area (Å²) in [5.41, 5.74) is 2.00. The van der Waals surface area contributed by atoms with Crippen LogP contribution in [0.4, 0.5) is 5.69 Å². The van der Waals surface area contributed by atoms with Gasteiger partial charge in [0.25, 0.3) is 0 Å². The Bertz CT molecular complexity index is 1010. The zero-order chi connectivity index (χ0) is 22.0. The van der Waals surface area contributed by atoms with Gasteiger partial charge in [-0.15, -0.1) is 5.10 Å². The number of rotatable bonds is 5. The molecule has 0 N–H and O–H groups in total. The summed E-state index contributed by atoms with van der Waals surface area (Å²) in [5, 5.41) is 13.5. The van der Waals surface area contributed by atoms with Crippen LogP contribution in [-0.2, 0) is 5.54 Å². The maximum atomic E-state index is 6.65. The van der Waals surface area contributed by atoms with Crippen LogP contribution in [-0.4, -0.2) is 58.4 Å². The van der Waals surface area contributed by atoms with E-state index >= 15 is 0 Å². The smallest absolute Gasteiger partial charge is 0.173 e. The molecule has 8 heteroatoms. The van der Waals surface area contributed by atoms with Gasteiger partial charge in [-0.2, -0.15) is 0 Å². The fraction of sp³-hybridized carbons (Fsp3) is 0.435. The van der Waals surface area contributed by atoms with E-state index in [1.54, 1.807) is 7.11 Å². The van der Waals surface area contributed by atoms with Crippen molar-refractivity contribution in [2.24, 2.45) is 0 Å². The molecule has 1 fully saturated rings.